The predicted molar refractivity (Wildman–Crippen MR) is 16.6 cm³/mol. The summed E-state index contributed by atoms with van der Waals surface area (Å²) in [6.45, 7) is 0. The molecule has 3 radical (unpaired) electrons. The normalized spacial score (nSPS) is 0. The van der Waals surface area contributed by atoms with Gasteiger partial charge in [-0.1, -0.05) is 0 Å². The van der Waals surface area contributed by atoms with E-state index in [1.54, 1.807) is 0 Å². The van der Waals surface area contributed by atoms with Crippen LogP contribution in [0.3, 0.4) is 0 Å². The maximum Gasteiger partial charge on any atom is 0 e. The Morgan fingerprint density at radius 3 is 0.500 bits per heavy atom. The Balaban J connectivity index is 0. The average molecular weight is 176 g/mol. The molecule has 3 nitrogen and oxygen atoms in total. The topological polar surface area (TPSA) is 94.5 Å². The van der Waals surface area contributed by atoms with Gasteiger partial charge in [0, 0.05) is 24.4 Å². The van der Waals surface area contributed by atoms with Gasteiger partial charge in [0.1, 0.15) is 0 Å². The van der Waals surface area contributed by atoms with E-state index in [1.807, 2.05) is 0 Å². The summed E-state index contributed by atoms with van der Waals surface area (Å²) in [5.41, 5.74) is 0. The predicted octanol–water partition coefficient (Wildman–Crippen LogP) is -2.85. The van der Waals surface area contributed by atoms with Crippen LogP contribution in [-0.2, 0) is 0 Å². The van der Waals surface area contributed by atoms with Crippen LogP contribution < -0.4 is 0 Å². The minimum Gasteiger partial charge on any atom is -0.412 e. The first-order valence-electron chi connectivity index (χ1n) is 0. The molecule has 0 bridgehead atoms. The Kier molecular flexibility index (Phi) is 1820. The summed E-state index contributed by atoms with van der Waals surface area (Å²) in [7, 11) is 0. The molecule has 0 aromatic heterocycles. The van der Waals surface area contributed by atoms with Crippen LogP contribution in [0.4, 0.5) is 0 Å². The fraction of sp³-hybridized carbons (Fsp3) is 0. The summed E-state index contributed by atoms with van der Waals surface area (Å²) in [5, 5.41) is 0. The molecule has 0 aliphatic heterocycles. The van der Waals surface area contributed by atoms with Gasteiger partial charge in [-0.05, 0) is 0 Å². The van der Waals surface area contributed by atoms with E-state index < -0.39 is 0 Å². The van der Waals surface area contributed by atoms with Crippen LogP contribution in [0.2, 0.25) is 0 Å². The first kappa shape index (κ1) is 132. The molecule has 29 valence electrons. The van der Waals surface area contributed by atoms with Gasteiger partial charge < -0.3 is 16.4 Å². The van der Waals surface area contributed by atoms with E-state index in [1.165, 1.54) is 0 Å². The Morgan fingerprint density at radius 2 is 0.500 bits per heavy atom. The molecule has 6 N–H and O–H groups in total. The number of hydrogen-bond acceptors (Lipinski definition) is 0. The van der Waals surface area contributed by atoms with Crippen LogP contribution in [-0.4, -0.2) is 40.9 Å². The Morgan fingerprint density at radius 1 is 0.500 bits per heavy atom. The van der Waals surface area contributed by atoms with E-state index in [9.17, 15) is 0 Å². The van der Waals surface area contributed by atoms with Crippen molar-refractivity contribution in [3.63, 3.8) is 0 Å². The minimum atomic E-state index is 0. The van der Waals surface area contributed by atoms with Crippen LogP contribution in [0.25, 0.3) is 0 Å². The van der Waals surface area contributed by atoms with Gasteiger partial charge in [-0.2, -0.15) is 0 Å². The second kappa shape index (κ2) is 55.2. The van der Waals surface area contributed by atoms with E-state index >= 15 is 0 Å². The molecule has 0 aliphatic rings. The zero-order chi connectivity index (χ0) is 0. The van der Waals surface area contributed by atoms with Crippen molar-refractivity contribution in [2.75, 3.05) is 0 Å². The largest absolute Gasteiger partial charge is 0.412 e. The molecular weight excluding hydrogens is 170 g/mol. The third kappa shape index (κ3) is 16.0. The molecule has 0 unspecified atom stereocenters. The second-order valence-electron chi connectivity index (χ2n) is 0. The van der Waals surface area contributed by atoms with Gasteiger partial charge in [0.15, 0.2) is 0 Å². The summed E-state index contributed by atoms with van der Waals surface area (Å²) < 4.78 is 0. The van der Waals surface area contributed by atoms with E-state index in [4.69, 9.17) is 0 Å². The monoisotopic (exact) mass is 175 g/mol. The smallest absolute Gasteiger partial charge is 0 e. The molecule has 0 saturated heterocycles. The average Bonchev–Trinajstić information content (AvgIpc) is 0. The van der Waals surface area contributed by atoms with Crippen LogP contribution in [0.5, 0.6) is 0 Å². The fourth-order valence-electron chi connectivity index (χ4n) is 0. The fourth-order valence-corrected chi connectivity index (χ4v) is 0. The van der Waals surface area contributed by atoms with Gasteiger partial charge in [0.25, 0.3) is 0 Å². The maximum absolute atomic E-state index is 0. The van der Waals surface area contributed by atoms with E-state index in [0.717, 1.165) is 0 Å². The van der Waals surface area contributed by atoms with Gasteiger partial charge in [-0.3, -0.25) is 0 Å². The zero-order valence-electron chi connectivity index (χ0n) is 1.95. The van der Waals surface area contributed by atoms with Crippen LogP contribution in [0.15, 0.2) is 0 Å². The standard InChI is InChI=1S/3H2O.Sb/h3*1H2;. The Bertz CT molecular complexity index is 3.25. The SMILES string of the molecule is O.O.O.[Sb]. The summed E-state index contributed by atoms with van der Waals surface area (Å²) in [4.78, 5) is 0. The van der Waals surface area contributed by atoms with Crippen molar-refractivity contribution in [1.82, 2.24) is 0 Å². The first-order chi connectivity index (χ1) is 0. The number of rotatable bonds is 0. The van der Waals surface area contributed by atoms with Crippen LogP contribution in [0.1, 0.15) is 0 Å². The molecule has 0 saturated carbocycles. The summed E-state index contributed by atoms with van der Waals surface area (Å²) >= 11 is 0. The third-order valence-corrected chi connectivity index (χ3v) is 0. The van der Waals surface area contributed by atoms with Crippen molar-refractivity contribution < 1.29 is 16.4 Å². The van der Waals surface area contributed by atoms with Gasteiger partial charge in [-0.25, -0.2) is 0 Å². The van der Waals surface area contributed by atoms with Gasteiger partial charge in [-0.15, -0.1) is 0 Å². The minimum absolute atomic E-state index is 0. The first-order valence-corrected chi connectivity index (χ1v) is 0. The molecule has 4 heteroatoms. The Labute approximate surface area is 41.4 Å². The van der Waals surface area contributed by atoms with Crippen molar-refractivity contribution in [2.24, 2.45) is 0 Å². The van der Waals surface area contributed by atoms with E-state index in [-0.39, 0.29) is 40.9 Å². The quantitative estimate of drug-likeness (QED) is 0.355. The molecule has 0 atom stereocenters. The summed E-state index contributed by atoms with van der Waals surface area (Å²) in [5.74, 6) is 0. The van der Waals surface area contributed by atoms with Crippen molar-refractivity contribution >= 4 is 24.4 Å². The molecular formula is H6O3Sb. The molecule has 0 aliphatic carbocycles. The van der Waals surface area contributed by atoms with Crippen molar-refractivity contribution in [2.45, 2.75) is 0 Å². The summed E-state index contributed by atoms with van der Waals surface area (Å²) in [6.07, 6.45) is 0. The van der Waals surface area contributed by atoms with Crippen molar-refractivity contribution in [3.8, 4) is 0 Å². The molecule has 0 aromatic carbocycles. The van der Waals surface area contributed by atoms with Gasteiger partial charge in [0.2, 0.25) is 0 Å². The molecule has 0 spiro atoms. The van der Waals surface area contributed by atoms with E-state index in [2.05, 4.69) is 0 Å². The van der Waals surface area contributed by atoms with Crippen LogP contribution in [0, 0.1) is 0 Å². The van der Waals surface area contributed by atoms with Gasteiger partial charge in [0.05, 0.1) is 0 Å². The second-order valence-corrected chi connectivity index (χ2v) is 0. The Hall–Kier alpha value is 0.698. The molecule has 0 heterocycles. The number of hydrogen-bond donors (Lipinski definition) is 0. The third-order valence-electron chi connectivity index (χ3n) is 0. The molecule has 0 rings (SSSR count). The van der Waals surface area contributed by atoms with Crippen molar-refractivity contribution in [3.05, 3.63) is 0 Å². The molecule has 0 fully saturated rings. The molecule has 0 amide bonds. The van der Waals surface area contributed by atoms with Gasteiger partial charge >= 0.3 is 0 Å². The maximum atomic E-state index is 0. The zero-order valence-corrected chi connectivity index (χ0v) is 4.50. The molecule has 4 heavy (non-hydrogen) atoms. The van der Waals surface area contributed by atoms with E-state index in [0.29, 0.717) is 0 Å². The van der Waals surface area contributed by atoms with Crippen LogP contribution >= 0.6 is 0 Å². The summed E-state index contributed by atoms with van der Waals surface area (Å²) in [6, 6.07) is 0. The van der Waals surface area contributed by atoms with Crippen molar-refractivity contribution in [1.29, 1.82) is 0 Å². The molecule has 0 aromatic rings.